The highest BCUT2D eigenvalue weighted by molar-refractivity contribution is 5.92. The van der Waals surface area contributed by atoms with Crippen molar-refractivity contribution in [3.8, 4) is 22.6 Å². The van der Waals surface area contributed by atoms with E-state index in [1.54, 1.807) is 42.5 Å². The van der Waals surface area contributed by atoms with Crippen molar-refractivity contribution in [1.82, 2.24) is 0 Å². The topological polar surface area (TPSA) is 80.3 Å². The van der Waals surface area contributed by atoms with Crippen LogP contribution in [0.1, 0.15) is 66.7 Å². The molecule has 0 bridgehead atoms. The van der Waals surface area contributed by atoms with Crippen molar-refractivity contribution in [2.24, 2.45) is 0 Å². The van der Waals surface area contributed by atoms with E-state index in [1.165, 1.54) is 12.8 Å². The van der Waals surface area contributed by atoms with E-state index in [0.29, 0.717) is 49.9 Å². The van der Waals surface area contributed by atoms with Crippen LogP contribution in [0, 0.1) is 0 Å². The molecule has 0 radical (unpaired) electrons. The second-order valence-electron chi connectivity index (χ2n) is 9.91. The summed E-state index contributed by atoms with van der Waals surface area (Å²) in [5.74, 6) is 0.258. The number of carbonyl (C=O) groups excluding carboxylic acids is 2. The van der Waals surface area contributed by atoms with Crippen LogP contribution in [0.4, 0.5) is 0 Å². The number of hydrogen-bond acceptors (Lipinski definition) is 7. The largest absolute Gasteiger partial charge is 0.491 e. The lowest BCUT2D eigenvalue weighted by Gasteiger charge is -2.13. The summed E-state index contributed by atoms with van der Waals surface area (Å²) in [5.41, 5.74) is 2.81. The number of rotatable bonds is 19. The van der Waals surface area contributed by atoms with Crippen LogP contribution in [0.25, 0.3) is 11.1 Å². The minimum Gasteiger partial charge on any atom is -0.491 e. The molecule has 0 fully saturated rings. The molecule has 0 aromatic heterocycles. The van der Waals surface area contributed by atoms with Crippen molar-refractivity contribution in [2.75, 3.05) is 33.0 Å². The van der Waals surface area contributed by atoms with E-state index in [4.69, 9.17) is 23.7 Å². The van der Waals surface area contributed by atoms with Crippen molar-refractivity contribution >= 4 is 11.9 Å². The number of hydrogen-bond donors (Lipinski definition) is 0. The van der Waals surface area contributed by atoms with Crippen molar-refractivity contribution < 1.29 is 33.3 Å². The van der Waals surface area contributed by atoms with E-state index in [9.17, 15) is 9.59 Å². The van der Waals surface area contributed by atoms with Crippen LogP contribution in [-0.2, 0) is 14.2 Å². The van der Waals surface area contributed by atoms with Crippen molar-refractivity contribution in [3.05, 3.63) is 96.6 Å². The molecule has 0 aliphatic heterocycles. The summed E-state index contributed by atoms with van der Waals surface area (Å²) in [6, 6.07) is 21.4. The van der Waals surface area contributed by atoms with Gasteiger partial charge in [-0.3, -0.25) is 0 Å². The predicted octanol–water partition coefficient (Wildman–Crippen LogP) is 7.69. The quantitative estimate of drug-likeness (QED) is 0.0628. The zero-order chi connectivity index (χ0) is 30.0. The van der Waals surface area contributed by atoms with Gasteiger partial charge in [-0.2, -0.15) is 0 Å². The monoisotopic (exact) mass is 574 g/mol. The van der Waals surface area contributed by atoms with Gasteiger partial charge >= 0.3 is 11.9 Å². The van der Waals surface area contributed by atoms with Crippen LogP contribution in [0.15, 0.2) is 85.5 Å². The average Bonchev–Trinajstić information content (AvgIpc) is 3.01. The molecule has 0 amide bonds. The van der Waals surface area contributed by atoms with Gasteiger partial charge in [-0.25, -0.2) is 9.59 Å². The normalized spacial score (nSPS) is 11.5. The van der Waals surface area contributed by atoms with Gasteiger partial charge in [-0.15, -0.1) is 6.58 Å². The van der Waals surface area contributed by atoms with Gasteiger partial charge < -0.3 is 23.7 Å². The Labute approximate surface area is 249 Å². The molecule has 0 aliphatic carbocycles. The third kappa shape index (κ3) is 11.5. The first-order chi connectivity index (χ1) is 20.5. The second-order valence-corrected chi connectivity index (χ2v) is 9.91. The van der Waals surface area contributed by atoms with Crippen LogP contribution >= 0.6 is 0 Å². The van der Waals surface area contributed by atoms with Crippen molar-refractivity contribution in [2.45, 2.75) is 52.1 Å². The molecule has 0 aliphatic rings. The number of ether oxygens (including phenoxy) is 5. The zero-order valence-corrected chi connectivity index (χ0v) is 24.7. The third-order valence-corrected chi connectivity index (χ3v) is 6.49. The summed E-state index contributed by atoms with van der Waals surface area (Å²) < 4.78 is 27.5. The Kier molecular flexibility index (Phi) is 14.3. The lowest BCUT2D eigenvalue weighted by atomic mass is 10.0. The van der Waals surface area contributed by atoms with Crippen molar-refractivity contribution in [1.29, 1.82) is 0 Å². The van der Waals surface area contributed by atoms with Gasteiger partial charge in [0.15, 0.2) is 0 Å². The molecule has 7 heteroatoms. The van der Waals surface area contributed by atoms with E-state index in [2.05, 4.69) is 13.5 Å². The summed E-state index contributed by atoms with van der Waals surface area (Å²) in [4.78, 5) is 25.1. The maximum Gasteiger partial charge on any atom is 0.343 e. The average molecular weight is 575 g/mol. The SMILES string of the molecule is C=CCOCCOCCOc1ccc(-c2ccc(C(=O)Oc3ccc(C(=O)O[C@H](C)CCCCCC)cc3)cc2)cc1. The first-order valence-electron chi connectivity index (χ1n) is 14.6. The Balaban J connectivity index is 1.43. The van der Waals surface area contributed by atoms with Crippen LogP contribution < -0.4 is 9.47 Å². The minimum atomic E-state index is -0.476. The molecule has 0 spiro atoms. The van der Waals surface area contributed by atoms with Gasteiger partial charge in [0.2, 0.25) is 0 Å². The van der Waals surface area contributed by atoms with E-state index in [0.717, 1.165) is 36.1 Å². The molecule has 3 aromatic rings. The fourth-order valence-corrected chi connectivity index (χ4v) is 4.14. The molecular formula is C35H42O7. The molecule has 0 N–H and O–H groups in total. The highest BCUT2D eigenvalue weighted by Gasteiger charge is 2.14. The van der Waals surface area contributed by atoms with E-state index < -0.39 is 5.97 Å². The lowest BCUT2D eigenvalue weighted by molar-refractivity contribution is 0.0319. The van der Waals surface area contributed by atoms with Crippen LogP contribution in [0.3, 0.4) is 0 Å². The number of esters is 2. The zero-order valence-electron chi connectivity index (χ0n) is 24.7. The maximum atomic E-state index is 12.7. The Hall–Kier alpha value is -3.94. The second kappa shape index (κ2) is 18.5. The Morgan fingerprint density at radius 3 is 1.95 bits per heavy atom. The molecule has 0 saturated heterocycles. The minimum absolute atomic E-state index is 0.134. The van der Waals surface area contributed by atoms with Crippen molar-refractivity contribution in [3.63, 3.8) is 0 Å². The molecule has 224 valence electrons. The molecule has 3 rings (SSSR count). The highest BCUT2D eigenvalue weighted by Crippen LogP contribution is 2.24. The van der Waals surface area contributed by atoms with E-state index in [1.807, 2.05) is 43.3 Å². The fourth-order valence-electron chi connectivity index (χ4n) is 4.14. The lowest BCUT2D eigenvalue weighted by Crippen LogP contribution is -2.15. The molecule has 0 saturated carbocycles. The Bertz CT molecular complexity index is 1220. The summed E-state index contributed by atoms with van der Waals surface area (Å²) in [7, 11) is 0. The molecule has 42 heavy (non-hydrogen) atoms. The van der Waals surface area contributed by atoms with Gasteiger partial charge in [0, 0.05) is 0 Å². The van der Waals surface area contributed by atoms with Gasteiger partial charge in [-0.1, -0.05) is 56.5 Å². The summed E-state index contributed by atoms with van der Waals surface area (Å²) >= 11 is 0. The molecule has 0 unspecified atom stereocenters. The predicted molar refractivity (Wildman–Crippen MR) is 164 cm³/mol. The third-order valence-electron chi connectivity index (χ3n) is 6.49. The van der Waals surface area contributed by atoms with Gasteiger partial charge in [0.05, 0.1) is 43.7 Å². The van der Waals surface area contributed by atoms with Crippen LogP contribution in [-0.4, -0.2) is 51.1 Å². The molecular weight excluding hydrogens is 532 g/mol. The number of carbonyl (C=O) groups is 2. The van der Waals surface area contributed by atoms with Gasteiger partial charge in [-0.05, 0) is 79.4 Å². The van der Waals surface area contributed by atoms with Gasteiger partial charge in [0.25, 0.3) is 0 Å². The Morgan fingerprint density at radius 2 is 1.29 bits per heavy atom. The molecule has 3 aromatic carbocycles. The van der Waals surface area contributed by atoms with Crippen LogP contribution in [0.2, 0.25) is 0 Å². The highest BCUT2D eigenvalue weighted by atomic mass is 16.5. The first-order valence-corrected chi connectivity index (χ1v) is 14.6. The summed E-state index contributed by atoms with van der Waals surface area (Å²) in [6.07, 6.45) is 6.98. The fraction of sp³-hybridized carbons (Fsp3) is 0.371. The smallest absolute Gasteiger partial charge is 0.343 e. The number of unbranched alkanes of at least 4 members (excludes halogenated alkanes) is 3. The van der Waals surface area contributed by atoms with Crippen LogP contribution in [0.5, 0.6) is 11.5 Å². The summed E-state index contributed by atoms with van der Waals surface area (Å²) in [6.45, 7) is 10.2. The number of benzene rings is 3. The first kappa shape index (κ1) is 32.6. The van der Waals surface area contributed by atoms with Gasteiger partial charge in [0.1, 0.15) is 18.1 Å². The van der Waals surface area contributed by atoms with E-state index in [-0.39, 0.29) is 12.1 Å². The standard InChI is InChI=1S/C35H42O7/c1-4-6-7-8-9-27(3)41-34(36)31-16-20-33(21-17-31)42-35(37)30-12-10-28(11-13-30)29-14-18-32(19-15-29)40-26-25-39-24-23-38-22-5-2/h5,10-21,27H,2,4,6-9,22-26H2,1,3H3/t27-/m1/s1. The molecule has 7 nitrogen and oxygen atoms in total. The Morgan fingerprint density at radius 1 is 0.714 bits per heavy atom. The summed E-state index contributed by atoms with van der Waals surface area (Å²) in [5, 5.41) is 0. The van der Waals surface area contributed by atoms with E-state index >= 15 is 0 Å². The molecule has 0 heterocycles. The molecule has 1 atom stereocenters. The maximum absolute atomic E-state index is 12.7.